The topological polar surface area (TPSA) is 68.4 Å². The van der Waals surface area contributed by atoms with E-state index in [1.165, 1.54) is 13.0 Å². The number of fused-ring (bicyclic) bond motifs is 1. The Kier molecular flexibility index (Phi) is 4.33. The minimum atomic E-state index is -0.238. The van der Waals surface area contributed by atoms with Crippen LogP contribution in [0.5, 0.6) is 11.5 Å². The Morgan fingerprint density at radius 3 is 2.46 bits per heavy atom. The molecule has 3 rings (SSSR count). The van der Waals surface area contributed by atoms with Gasteiger partial charge in [-0.1, -0.05) is 12.1 Å². The van der Waals surface area contributed by atoms with E-state index in [1.807, 2.05) is 24.3 Å². The molecule has 0 saturated heterocycles. The van der Waals surface area contributed by atoms with Gasteiger partial charge in [0.05, 0.1) is 12.6 Å². The number of hydrogen-bond donors (Lipinski definition) is 1. The first-order valence-electron chi connectivity index (χ1n) is 7.51. The van der Waals surface area contributed by atoms with E-state index in [4.69, 9.17) is 9.47 Å². The molecule has 0 spiro atoms. The van der Waals surface area contributed by atoms with Gasteiger partial charge in [0.15, 0.2) is 5.78 Å². The summed E-state index contributed by atoms with van der Waals surface area (Å²) in [6, 6.07) is 14.0. The molecule has 0 bridgehead atoms. The number of benzene rings is 2. The lowest BCUT2D eigenvalue weighted by atomic mass is 10.0. The maximum absolute atomic E-state index is 11.8. The molecule has 2 aromatic carbocycles. The van der Waals surface area contributed by atoms with Crippen LogP contribution >= 0.6 is 0 Å². The van der Waals surface area contributed by atoms with Gasteiger partial charge in [-0.05, 0) is 42.8 Å². The van der Waals surface area contributed by atoms with Crippen molar-refractivity contribution in [1.82, 2.24) is 4.98 Å². The Balaban J connectivity index is 1.94. The SMILES string of the molecule is COc1ccc(COc2ccc(C(C)=O)c3ccc(=O)[nH]c23)cc1. The lowest BCUT2D eigenvalue weighted by Crippen LogP contribution is -2.07. The first kappa shape index (κ1) is 15.8. The van der Waals surface area contributed by atoms with E-state index >= 15 is 0 Å². The molecule has 0 fully saturated rings. The molecule has 5 heteroatoms. The van der Waals surface area contributed by atoms with Crippen molar-refractivity contribution in [3.8, 4) is 11.5 Å². The van der Waals surface area contributed by atoms with Crippen molar-refractivity contribution in [2.75, 3.05) is 7.11 Å². The van der Waals surface area contributed by atoms with Crippen LogP contribution in [0.2, 0.25) is 0 Å². The van der Waals surface area contributed by atoms with Crippen LogP contribution in [0.15, 0.2) is 53.3 Å². The number of pyridine rings is 1. The van der Waals surface area contributed by atoms with Crippen molar-refractivity contribution < 1.29 is 14.3 Å². The minimum Gasteiger partial charge on any atom is -0.497 e. The number of nitrogens with one attached hydrogen (secondary N) is 1. The molecule has 0 saturated carbocycles. The molecule has 0 aliphatic rings. The fourth-order valence-electron chi connectivity index (χ4n) is 2.54. The van der Waals surface area contributed by atoms with E-state index in [1.54, 1.807) is 25.3 Å². The average molecular weight is 323 g/mol. The molecule has 0 unspecified atom stereocenters. The summed E-state index contributed by atoms with van der Waals surface area (Å²) in [6.07, 6.45) is 0. The van der Waals surface area contributed by atoms with E-state index in [2.05, 4.69) is 4.98 Å². The Bertz CT molecular complexity index is 942. The summed E-state index contributed by atoms with van der Waals surface area (Å²) < 4.78 is 11.0. The van der Waals surface area contributed by atoms with E-state index in [9.17, 15) is 9.59 Å². The summed E-state index contributed by atoms with van der Waals surface area (Å²) in [5.74, 6) is 1.25. The van der Waals surface area contributed by atoms with Crippen LogP contribution in [0, 0.1) is 0 Å². The fourth-order valence-corrected chi connectivity index (χ4v) is 2.54. The fraction of sp³-hybridized carbons (Fsp3) is 0.158. The van der Waals surface area contributed by atoms with Crippen molar-refractivity contribution in [1.29, 1.82) is 0 Å². The first-order valence-corrected chi connectivity index (χ1v) is 7.51. The lowest BCUT2D eigenvalue weighted by Gasteiger charge is -2.11. The predicted molar refractivity (Wildman–Crippen MR) is 91.9 cm³/mol. The normalized spacial score (nSPS) is 10.6. The molecule has 1 aromatic heterocycles. The third-order valence-electron chi connectivity index (χ3n) is 3.79. The van der Waals surface area contributed by atoms with Gasteiger partial charge in [-0.15, -0.1) is 0 Å². The van der Waals surface area contributed by atoms with Crippen LogP contribution in [-0.2, 0) is 6.61 Å². The first-order chi connectivity index (χ1) is 11.6. The number of aromatic amines is 1. The summed E-state index contributed by atoms with van der Waals surface area (Å²) in [5.41, 5.74) is 1.82. The second-order valence-electron chi connectivity index (χ2n) is 5.42. The van der Waals surface area contributed by atoms with Crippen molar-refractivity contribution in [2.45, 2.75) is 13.5 Å². The monoisotopic (exact) mass is 323 g/mol. The summed E-state index contributed by atoms with van der Waals surface area (Å²) in [4.78, 5) is 26.2. The van der Waals surface area contributed by atoms with Crippen LogP contribution in [0.3, 0.4) is 0 Å². The molecule has 24 heavy (non-hydrogen) atoms. The second-order valence-corrected chi connectivity index (χ2v) is 5.42. The highest BCUT2D eigenvalue weighted by molar-refractivity contribution is 6.07. The Morgan fingerprint density at radius 1 is 1.04 bits per heavy atom. The smallest absolute Gasteiger partial charge is 0.248 e. The van der Waals surface area contributed by atoms with Crippen LogP contribution < -0.4 is 15.0 Å². The summed E-state index contributed by atoms with van der Waals surface area (Å²) in [7, 11) is 1.62. The quantitative estimate of drug-likeness (QED) is 0.731. The minimum absolute atomic E-state index is 0.0613. The number of ketones is 1. The number of carbonyl (C=O) groups is 1. The highest BCUT2D eigenvalue weighted by Gasteiger charge is 2.11. The standard InChI is InChI=1S/C19H17NO4/c1-12(21)15-7-9-17(19-16(15)8-10-18(22)20-19)24-11-13-3-5-14(23-2)6-4-13/h3-10H,11H2,1-2H3,(H,20,22). The van der Waals surface area contributed by atoms with Gasteiger partial charge in [0, 0.05) is 17.0 Å². The van der Waals surface area contributed by atoms with E-state index in [0.29, 0.717) is 28.8 Å². The number of carbonyl (C=O) groups excluding carboxylic acids is 1. The zero-order valence-corrected chi connectivity index (χ0v) is 13.5. The molecule has 0 aliphatic heterocycles. The van der Waals surface area contributed by atoms with E-state index < -0.39 is 0 Å². The largest absolute Gasteiger partial charge is 0.497 e. The predicted octanol–water partition coefficient (Wildman–Crippen LogP) is 3.32. The Labute approximate surface area is 138 Å². The zero-order chi connectivity index (χ0) is 17.1. The van der Waals surface area contributed by atoms with Gasteiger partial charge in [0.1, 0.15) is 18.1 Å². The molecule has 3 aromatic rings. The second kappa shape index (κ2) is 6.58. The number of aromatic nitrogens is 1. The number of Topliss-reactive ketones (excluding diaryl/α,β-unsaturated/α-hetero) is 1. The van der Waals surface area contributed by atoms with Crippen molar-refractivity contribution in [3.05, 3.63) is 70.0 Å². The van der Waals surface area contributed by atoms with Crippen LogP contribution in [-0.4, -0.2) is 17.9 Å². The summed E-state index contributed by atoms with van der Waals surface area (Å²) in [5, 5.41) is 0.675. The van der Waals surface area contributed by atoms with Gasteiger partial charge in [0.2, 0.25) is 5.56 Å². The van der Waals surface area contributed by atoms with E-state index in [0.717, 1.165) is 11.3 Å². The molecular weight excluding hydrogens is 306 g/mol. The molecule has 5 nitrogen and oxygen atoms in total. The van der Waals surface area contributed by atoms with Gasteiger partial charge >= 0.3 is 0 Å². The summed E-state index contributed by atoms with van der Waals surface area (Å²) in [6.45, 7) is 1.84. The Hall–Kier alpha value is -3.08. The van der Waals surface area contributed by atoms with Crippen LogP contribution in [0.4, 0.5) is 0 Å². The Morgan fingerprint density at radius 2 is 1.79 bits per heavy atom. The van der Waals surface area contributed by atoms with Gasteiger partial charge in [-0.25, -0.2) is 0 Å². The highest BCUT2D eigenvalue weighted by Crippen LogP contribution is 2.27. The summed E-state index contributed by atoms with van der Waals surface area (Å²) >= 11 is 0. The van der Waals surface area contributed by atoms with Crippen molar-refractivity contribution in [3.63, 3.8) is 0 Å². The van der Waals surface area contributed by atoms with Crippen LogP contribution in [0.25, 0.3) is 10.9 Å². The van der Waals surface area contributed by atoms with Crippen LogP contribution in [0.1, 0.15) is 22.8 Å². The molecule has 1 N–H and O–H groups in total. The molecular formula is C19H17NO4. The third kappa shape index (κ3) is 3.15. The van der Waals surface area contributed by atoms with Gasteiger partial charge in [-0.3, -0.25) is 9.59 Å². The van der Waals surface area contributed by atoms with Crippen molar-refractivity contribution >= 4 is 16.7 Å². The highest BCUT2D eigenvalue weighted by atomic mass is 16.5. The molecule has 122 valence electrons. The molecule has 0 amide bonds. The van der Waals surface area contributed by atoms with E-state index in [-0.39, 0.29) is 11.3 Å². The third-order valence-corrected chi connectivity index (χ3v) is 3.79. The number of ether oxygens (including phenoxy) is 2. The maximum atomic E-state index is 11.8. The van der Waals surface area contributed by atoms with Gasteiger partial charge in [0.25, 0.3) is 0 Å². The average Bonchev–Trinajstić information content (AvgIpc) is 2.59. The molecule has 0 atom stereocenters. The van der Waals surface area contributed by atoms with Gasteiger partial charge < -0.3 is 14.5 Å². The number of hydrogen-bond acceptors (Lipinski definition) is 4. The molecule has 0 aliphatic carbocycles. The van der Waals surface area contributed by atoms with Gasteiger partial charge in [-0.2, -0.15) is 0 Å². The lowest BCUT2D eigenvalue weighted by molar-refractivity contribution is 0.101. The maximum Gasteiger partial charge on any atom is 0.248 e. The number of methoxy groups -OCH3 is 1. The van der Waals surface area contributed by atoms with Crippen molar-refractivity contribution in [2.24, 2.45) is 0 Å². The molecule has 0 radical (unpaired) electrons. The molecule has 1 heterocycles. The zero-order valence-electron chi connectivity index (χ0n) is 13.5. The number of rotatable bonds is 5. The number of H-pyrrole nitrogens is 1.